The van der Waals surface area contributed by atoms with Crippen molar-refractivity contribution in [2.45, 2.75) is 32.6 Å². The van der Waals surface area contributed by atoms with Crippen LogP contribution >= 0.6 is 34.8 Å². The summed E-state index contributed by atoms with van der Waals surface area (Å²) in [6, 6.07) is 10.5. The fraction of sp³-hybridized carbons (Fsp3) is 0.360. The van der Waals surface area contributed by atoms with Crippen LogP contribution in [-0.2, 0) is 6.42 Å². The van der Waals surface area contributed by atoms with Crippen LogP contribution in [0.3, 0.4) is 0 Å². The molecule has 0 aliphatic heterocycles. The maximum Gasteiger partial charge on any atom is 0.199 e. The Kier molecular flexibility index (Phi) is 7.34. The van der Waals surface area contributed by atoms with Crippen LogP contribution in [0, 0.1) is 0 Å². The topological polar surface area (TPSA) is 57.8 Å². The van der Waals surface area contributed by atoms with E-state index in [0.29, 0.717) is 62.3 Å². The molecular weight excluding hydrogens is 481 g/mol. The van der Waals surface area contributed by atoms with Gasteiger partial charge in [0.05, 0.1) is 38.8 Å². The molecule has 0 saturated carbocycles. The van der Waals surface area contributed by atoms with Gasteiger partial charge in [-0.05, 0) is 67.7 Å². The van der Waals surface area contributed by atoms with Crippen molar-refractivity contribution >= 4 is 51.4 Å². The Bertz CT molecular complexity index is 1280. The van der Waals surface area contributed by atoms with Crippen molar-refractivity contribution < 1.29 is 5.21 Å². The quantitative estimate of drug-likeness (QED) is 0.413. The highest BCUT2D eigenvalue weighted by Crippen LogP contribution is 2.36. The molecule has 3 aromatic rings. The molecule has 1 aliphatic rings. The van der Waals surface area contributed by atoms with Gasteiger partial charge in [0.2, 0.25) is 0 Å². The van der Waals surface area contributed by atoms with Crippen LogP contribution in [0.4, 0.5) is 0 Å². The monoisotopic (exact) mass is 505 g/mol. The molecule has 1 atom stereocenters. The molecule has 2 aromatic carbocycles. The number of hydrogen-bond donors (Lipinski definition) is 1. The molecule has 1 unspecified atom stereocenters. The molecule has 0 bridgehead atoms. The summed E-state index contributed by atoms with van der Waals surface area (Å²) in [7, 11) is 0. The van der Waals surface area contributed by atoms with E-state index in [1.165, 1.54) is 0 Å². The van der Waals surface area contributed by atoms with Crippen molar-refractivity contribution in [3.8, 4) is 0 Å². The normalized spacial score (nSPS) is 17.2. The van der Waals surface area contributed by atoms with Gasteiger partial charge in [-0.2, -0.15) is 4.73 Å². The number of benzene rings is 2. The SMILES string of the molecule is CCN(CC)CCN=C1CC(c2ccc(Cl)c(Cl)c2)Cc2c1c(=O)c1cc(Cl)ccc1n2O. The van der Waals surface area contributed by atoms with Crippen molar-refractivity contribution in [2.75, 3.05) is 26.2 Å². The van der Waals surface area contributed by atoms with Gasteiger partial charge in [0, 0.05) is 17.3 Å². The lowest BCUT2D eigenvalue weighted by atomic mass is 9.80. The van der Waals surface area contributed by atoms with Gasteiger partial charge in [-0.1, -0.05) is 54.7 Å². The highest BCUT2D eigenvalue weighted by molar-refractivity contribution is 6.42. The highest BCUT2D eigenvalue weighted by atomic mass is 35.5. The zero-order valence-corrected chi connectivity index (χ0v) is 20.9. The van der Waals surface area contributed by atoms with Crippen LogP contribution in [0.1, 0.15) is 43.0 Å². The van der Waals surface area contributed by atoms with Crippen LogP contribution in [-0.4, -0.2) is 46.7 Å². The minimum atomic E-state index is -0.151. The molecule has 0 amide bonds. The Hall–Kier alpha value is -2.05. The Morgan fingerprint density at radius 2 is 1.82 bits per heavy atom. The molecule has 33 heavy (non-hydrogen) atoms. The number of fused-ring (bicyclic) bond motifs is 2. The number of nitrogens with zero attached hydrogens (tertiary/aromatic N) is 3. The summed E-state index contributed by atoms with van der Waals surface area (Å²) in [6.45, 7) is 7.49. The maximum absolute atomic E-state index is 13.5. The molecule has 8 heteroatoms. The van der Waals surface area contributed by atoms with Gasteiger partial charge < -0.3 is 10.1 Å². The molecule has 1 heterocycles. The van der Waals surface area contributed by atoms with Crippen molar-refractivity contribution in [2.24, 2.45) is 4.99 Å². The van der Waals surface area contributed by atoms with E-state index in [2.05, 4.69) is 18.7 Å². The van der Waals surface area contributed by atoms with Gasteiger partial charge in [-0.15, -0.1) is 0 Å². The Morgan fingerprint density at radius 3 is 2.52 bits per heavy atom. The van der Waals surface area contributed by atoms with E-state index in [1.807, 2.05) is 12.1 Å². The second kappa shape index (κ2) is 10.1. The summed E-state index contributed by atoms with van der Waals surface area (Å²) in [4.78, 5) is 20.7. The largest absolute Gasteiger partial charge is 0.428 e. The van der Waals surface area contributed by atoms with Crippen LogP contribution in [0.2, 0.25) is 15.1 Å². The summed E-state index contributed by atoms with van der Waals surface area (Å²) in [5, 5.41) is 12.9. The van der Waals surface area contributed by atoms with Crippen molar-refractivity contribution in [3.63, 3.8) is 0 Å². The van der Waals surface area contributed by atoms with Crippen LogP contribution in [0.25, 0.3) is 10.9 Å². The summed E-state index contributed by atoms with van der Waals surface area (Å²) < 4.78 is 1.12. The predicted molar refractivity (Wildman–Crippen MR) is 137 cm³/mol. The second-order valence-electron chi connectivity index (χ2n) is 8.26. The average molecular weight is 507 g/mol. The second-order valence-corrected chi connectivity index (χ2v) is 9.51. The fourth-order valence-corrected chi connectivity index (χ4v) is 5.01. The number of rotatable bonds is 6. The van der Waals surface area contributed by atoms with Crippen LogP contribution in [0.15, 0.2) is 46.2 Å². The third-order valence-electron chi connectivity index (χ3n) is 6.40. The van der Waals surface area contributed by atoms with Crippen molar-refractivity contribution in [1.29, 1.82) is 0 Å². The predicted octanol–water partition coefficient (Wildman–Crippen LogP) is 6.06. The van der Waals surface area contributed by atoms with Gasteiger partial charge in [0.25, 0.3) is 0 Å². The number of aromatic nitrogens is 1. The first-order chi connectivity index (χ1) is 15.8. The molecule has 0 saturated heterocycles. The van der Waals surface area contributed by atoms with E-state index in [4.69, 9.17) is 39.8 Å². The smallest absolute Gasteiger partial charge is 0.199 e. The van der Waals surface area contributed by atoms with Gasteiger partial charge in [0.1, 0.15) is 0 Å². The first-order valence-corrected chi connectivity index (χ1v) is 12.2. The number of aliphatic imine (C=N–C) groups is 1. The van der Waals surface area contributed by atoms with E-state index in [1.54, 1.807) is 24.3 Å². The number of pyridine rings is 1. The summed E-state index contributed by atoms with van der Waals surface area (Å²) in [5.41, 5.74) is 3.01. The molecule has 174 valence electrons. The van der Waals surface area contributed by atoms with E-state index >= 15 is 0 Å². The number of hydrogen-bond acceptors (Lipinski definition) is 4. The molecular formula is C25H26Cl3N3O2. The number of likely N-dealkylation sites (N-methyl/N-ethyl adjacent to an activating group) is 1. The van der Waals surface area contributed by atoms with Crippen molar-refractivity contribution in [3.05, 3.63) is 78.5 Å². The van der Waals surface area contributed by atoms with Gasteiger partial charge in [-0.3, -0.25) is 9.79 Å². The maximum atomic E-state index is 13.5. The van der Waals surface area contributed by atoms with Crippen LogP contribution < -0.4 is 5.43 Å². The van der Waals surface area contributed by atoms with Crippen LogP contribution in [0.5, 0.6) is 0 Å². The molecule has 1 N–H and O–H groups in total. The zero-order valence-electron chi connectivity index (χ0n) is 18.6. The van der Waals surface area contributed by atoms with Gasteiger partial charge in [0.15, 0.2) is 5.43 Å². The molecule has 4 rings (SSSR count). The first-order valence-electron chi connectivity index (χ1n) is 11.1. The van der Waals surface area contributed by atoms with Crippen molar-refractivity contribution in [1.82, 2.24) is 9.63 Å². The molecule has 1 aromatic heterocycles. The lowest BCUT2D eigenvalue weighted by molar-refractivity contribution is 0.186. The van der Waals surface area contributed by atoms with Gasteiger partial charge >= 0.3 is 0 Å². The van der Waals surface area contributed by atoms with E-state index < -0.39 is 0 Å². The molecule has 1 aliphatic carbocycles. The Morgan fingerprint density at radius 1 is 1.06 bits per heavy atom. The van der Waals surface area contributed by atoms with E-state index in [0.717, 1.165) is 29.9 Å². The third kappa shape index (κ3) is 4.78. The summed E-state index contributed by atoms with van der Waals surface area (Å²) in [6.07, 6.45) is 1.05. The highest BCUT2D eigenvalue weighted by Gasteiger charge is 2.31. The third-order valence-corrected chi connectivity index (χ3v) is 7.37. The molecule has 0 spiro atoms. The minimum absolute atomic E-state index is 0.00187. The molecule has 0 fully saturated rings. The zero-order chi connectivity index (χ0) is 23.7. The van der Waals surface area contributed by atoms with E-state index in [9.17, 15) is 10.0 Å². The van der Waals surface area contributed by atoms with E-state index in [-0.39, 0.29) is 11.3 Å². The fourth-order valence-electron chi connectivity index (χ4n) is 4.53. The lowest BCUT2D eigenvalue weighted by Gasteiger charge is -2.28. The summed E-state index contributed by atoms with van der Waals surface area (Å²) >= 11 is 18.6. The first kappa shape index (κ1) is 24.1. The molecule has 0 radical (unpaired) electrons. The standard InChI is InChI=1S/C25H26Cl3N3O2/c1-3-30(4-2)10-9-29-21-12-16(15-5-7-19(27)20(28)11-15)13-23-24(21)25(32)18-14-17(26)6-8-22(18)31(23)33/h5-8,11,14,16,33H,3-4,9-10,12-13H2,1-2H3. The Labute approximate surface area is 208 Å². The van der Waals surface area contributed by atoms with Gasteiger partial charge in [-0.25, -0.2) is 0 Å². The molecule has 5 nitrogen and oxygen atoms in total. The average Bonchev–Trinajstić information content (AvgIpc) is 2.81. The number of halogens is 3. The Balaban J connectivity index is 1.85. The minimum Gasteiger partial charge on any atom is -0.428 e. The lowest BCUT2D eigenvalue weighted by Crippen LogP contribution is -2.32. The summed E-state index contributed by atoms with van der Waals surface area (Å²) in [5.74, 6) is 0.00187.